The molecule has 0 radical (unpaired) electrons. The number of nitrogens with zero attached hydrogens (tertiary/aromatic N) is 2. The SMILES string of the molecule is O=C(O)CCCc1ccc2cnncc2c1. The standard InChI is InChI=1S/C12H12N2O2/c15-12(16)3-1-2-9-4-5-10-7-13-14-8-11(10)6-9/h4-8H,1-3H2,(H,15,16). The zero-order valence-corrected chi connectivity index (χ0v) is 8.76. The van der Waals surface area contributed by atoms with Crippen molar-refractivity contribution in [3.05, 3.63) is 36.2 Å². The van der Waals surface area contributed by atoms with Crippen molar-refractivity contribution in [3.8, 4) is 0 Å². The van der Waals surface area contributed by atoms with Crippen LogP contribution in [0.2, 0.25) is 0 Å². The van der Waals surface area contributed by atoms with E-state index in [0.29, 0.717) is 6.42 Å². The van der Waals surface area contributed by atoms with E-state index in [2.05, 4.69) is 10.2 Å². The Labute approximate surface area is 92.9 Å². The molecule has 0 unspecified atom stereocenters. The molecule has 2 rings (SSSR count). The summed E-state index contributed by atoms with van der Waals surface area (Å²) in [4.78, 5) is 10.4. The lowest BCUT2D eigenvalue weighted by Crippen LogP contribution is -1.95. The molecule has 0 atom stereocenters. The summed E-state index contributed by atoms with van der Waals surface area (Å²) >= 11 is 0. The maximum Gasteiger partial charge on any atom is 0.303 e. The molecule has 1 aromatic heterocycles. The van der Waals surface area contributed by atoms with Crippen molar-refractivity contribution in [1.82, 2.24) is 10.2 Å². The first-order chi connectivity index (χ1) is 7.75. The van der Waals surface area contributed by atoms with E-state index in [1.807, 2.05) is 18.2 Å². The van der Waals surface area contributed by atoms with Crippen molar-refractivity contribution in [1.29, 1.82) is 0 Å². The number of carbonyl (C=O) groups is 1. The molecule has 1 aromatic carbocycles. The van der Waals surface area contributed by atoms with Crippen LogP contribution in [0.15, 0.2) is 30.6 Å². The quantitative estimate of drug-likeness (QED) is 0.849. The first-order valence-electron chi connectivity index (χ1n) is 5.17. The van der Waals surface area contributed by atoms with Gasteiger partial charge in [0.15, 0.2) is 0 Å². The van der Waals surface area contributed by atoms with E-state index in [0.717, 1.165) is 22.8 Å². The monoisotopic (exact) mass is 216 g/mol. The van der Waals surface area contributed by atoms with Crippen molar-refractivity contribution in [2.24, 2.45) is 0 Å². The molecule has 1 heterocycles. The van der Waals surface area contributed by atoms with Gasteiger partial charge in [-0.2, -0.15) is 10.2 Å². The largest absolute Gasteiger partial charge is 0.481 e. The maximum absolute atomic E-state index is 10.4. The molecule has 0 saturated heterocycles. The van der Waals surface area contributed by atoms with Crippen LogP contribution in [0.4, 0.5) is 0 Å². The van der Waals surface area contributed by atoms with Crippen LogP contribution in [-0.2, 0) is 11.2 Å². The number of benzene rings is 1. The van der Waals surface area contributed by atoms with Gasteiger partial charge in [-0.05, 0) is 24.5 Å². The zero-order valence-electron chi connectivity index (χ0n) is 8.76. The Morgan fingerprint density at radius 2 is 1.94 bits per heavy atom. The van der Waals surface area contributed by atoms with Crippen LogP contribution >= 0.6 is 0 Å². The van der Waals surface area contributed by atoms with E-state index in [4.69, 9.17) is 5.11 Å². The van der Waals surface area contributed by atoms with Crippen LogP contribution in [0.25, 0.3) is 10.8 Å². The van der Waals surface area contributed by atoms with E-state index >= 15 is 0 Å². The predicted octanol–water partition coefficient (Wildman–Crippen LogP) is 2.04. The molecule has 4 nitrogen and oxygen atoms in total. The molecule has 2 aromatic rings. The van der Waals surface area contributed by atoms with Gasteiger partial charge in [0.05, 0.1) is 12.4 Å². The summed E-state index contributed by atoms with van der Waals surface area (Å²) in [6.07, 6.45) is 5.10. The summed E-state index contributed by atoms with van der Waals surface area (Å²) in [5.74, 6) is -0.744. The van der Waals surface area contributed by atoms with Gasteiger partial charge in [-0.1, -0.05) is 12.1 Å². The predicted molar refractivity (Wildman–Crippen MR) is 60.1 cm³/mol. The summed E-state index contributed by atoms with van der Waals surface area (Å²) < 4.78 is 0. The molecule has 0 aliphatic rings. The van der Waals surface area contributed by atoms with Crippen LogP contribution in [0.5, 0.6) is 0 Å². The molecule has 1 N–H and O–H groups in total. The summed E-state index contributed by atoms with van der Waals surface area (Å²) in [6.45, 7) is 0. The molecule has 0 amide bonds. The second kappa shape index (κ2) is 4.70. The van der Waals surface area contributed by atoms with Gasteiger partial charge in [0, 0.05) is 17.2 Å². The molecule has 16 heavy (non-hydrogen) atoms. The highest BCUT2D eigenvalue weighted by molar-refractivity contribution is 5.81. The lowest BCUT2D eigenvalue weighted by atomic mass is 10.1. The Morgan fingerprint density at radius 3 is 2.69 bits per heavy atom. The molecule has 82 valence electrons. The molecule has 0 aliphatic heterocycles. The summed E-state index contributed by atoms with van der Waals surface area (Å²) in [5.41, 5.74) is 1.14. The first kappa shape index (κ1) is 10.5. The minimum atomic E-state index is -0.744. The normalized spacial score (nSPS) is 10.5. The fourth-order valence-electron chi connectivity index (χ4n) is 1.64. The lowest BCUT2D eigenvalue weighted by molar-refractivity contribution is -0.137. The van der Waals surface area contributed by atoms with Gasteiger partial charge < -0.3 is 5.11 Å². The second-order valence-electron chi connectivity index (χ2n) is 3.70. The number of aliphatic carboxylic acids is 1. The second-order valence-corrected chi connectivity index (χ2v) is 3.70. The third kappa shape index (κ3) is 2.53. The average Bonchev–Trinajstić information content (AvgIpc) is 2.28. The third-order valence-electron chi connectivity index (χ3n) is 2.47. The van der Waals surface area contributed by atoms with Gasteiger partial charge in [0.1, 0.15) is 0 Å². The topological polar surface area (TPSA) is 63.1 Å². The minimum absolute atomic E-state index is 0.215. The van der Waals surface area contributed by atoms with E-state index in [1.54, 1.807) is 12.4 Å². The zero-order chi connectivity index (χ0) is 11.4. The van der Waals surface area contributed by atoms with Gasteiger partial charge in [0.2, 0.25) is 0 Å². The molecular weight excluding hydrogens is 204 g/mol. The fourth-order valence-corrected chi connectivity index (χ4v) is 1.64. The number of carboxylic acid groups (broad SMARTS) is 1. The smallest absolute Gasteiger partial charge is 0.303 e. The number of hydrogen-bond donors (Lipinski definition) is 1. The van der Waals surface area contributed by atoms with Crippen LogP contribution in [-0.4, -0.2) is 21.3 Å². The fraction of sp³-hybridized carbons (Fsp3) is 0.250. The summed E-state index contributed by atoms with van der Waals surface area (Å²) in [5, 5.41) is 18.3. The Bertz CT molecular complexity index is 511. The van der Waals surface area contributed by atoms with Crippen LogP contribution in [0, 0.1) is 0 Å². The van der Waals surface area contributed by atoms with E-state index in [9.17, 15) is 4.79 Å². The minimum Gasteiger partial charge on any atom is -0.481 e. The molecule has 0 spiro atoms. The third-order valence-corrected chi connectivity index (χ3v) is 2.47. The molecule has 4 heteroatoms. The number of rotatable bonds is 4. The summed E-state index contributed by atoms with van der Waals surface area (Å²) in [6, 6.07) is 6.03. The van der Waals surface area contributed by atoms with E-state index in [1.165, 1.54) is 0 Å². The summed E-state index contributed by atoms with van der Waals surface area (Å²) in [7, 11) is 0. The molecule has 0 saturated carbocycles. The number of aryl methyl sites for hydroxylation is 1. The number of fused-ring (bicyclic) bond motifs is 1. The lowest BCUT2D eigenvalue weighted by Gasteiger charge is -2.01. The Hall–Kier alpha value is -1.97. The van der Waals surface area contributed by atoms with Crippen molar-refractivity contribution < 1.29 is 9.90 Å². The van der Waals surface area contributed by atoms with Gasteiger partial charge in [-0.25, -0.2) is 0 Å². The van der Waals surface area contributed by atoms with Gasteiger partial charge in [-0.15, -0.1) is 0 Å². The maximum atomic E-state index is 10.4. The molecule has 0 bridgehead atoms. The van der Waals surface area contributed by atoms with Crippen molar-refractivity contribution in [2.45, 2.75) is 19.3 Å². The van der Waals surface area contributed by atoms with Crippen molar-refractivity contribution in [2.75, 3.05) is 0 Å². The van der Waals surface area contributed by atoms with Crippen LogP contribution in [0.3, 0.4) is 0 Å². The van der Waals surface area contributed by atoms with E-state index < -0.39 is 5.97 Å². The highest BCUT2D eigenvalue weighted by Crippen LogP contribution is 2.15. The van der Waals surface area contributed by atoms with Gasteiger partial charge in [-0.3, -0.25) is 4.79 Å². The number of aromatic nitrogens is 2. The van der Waals surface area contributed by atoms with Gasteiger partial charge >= 0.3 is 5.97 Å². The van der Waals surface area contributed by atoms with Crippen LogP contribution in [0.1, 0.15) is 18.4 Å². The number of carboxylic acids is 1. The van der Waals surface area contributed by atoms with Crippen molar-refractivity contribution >= 4 is 16.7 Å². The average molecular weight is 216 g/mol. The Kier molecular flexibility index (Phi) is 3.10. The van der Waals surface area contributed by atoms with Gasteiger partial charge in [0.25, 0.3) is 0 Å². The van der Waals surface area contributed by atoms with E-state index in [-0.39, 0.29) is 6.42 Å². The van der Waals surface area contributed by atoms with Crippen LogP contribution < -0.4 is 0 Å². The molecule has 0 fully saturated rings. The van der Waals surface area contributed by atoms with Crippen molar-refractivity contribution in [3.63, 3.8) is 0 Å². The highest BCUT2D eigenvalue weighted by atomic mass is 16.4. The molecule has 0 aliphatic carbocycles. The Balaban J connectivity index is 2.10. The first-order valence-corrected chi connectivity index (χ1v) is 5.17. The Morgan fingerprint density at radius 1 is 1.19 bits per heavy atom. The highest BCUT2D eigenvalue weighted by Gasteiger charge is 2.00. The molecular formula is C12H12N2O2. The number of hydrogen-bond acceptors (Lipinski definition) is 3.